The highest BCUT2D eigenvalue weighted by molar-refractivity contribution is 6.74. The Balaban J connectivity index is 3.17. The first-order chi connectivity index (χ1) is 12.9. The van der Waals surface area contributed by atoms with Crippen molar-refractivity contribution < 1.29 is 23.1 Å². The number of ether oxygens (including phenoxy) is 2. The van der Waals surface area contributed by atoms with E-state index in [9.17, 15) is 4.79 Å². The summed E-state index contributed by atoms with van der Waals surface area (Å²) in [5, 5.41) is 0.0668. The van der Waals surface area contributed by atoms with Gasteiger partial charge in [-0.15, -0.1) is 0 Å². The molecular formula is C22H44O5Si2. The van der Waals surface area contributed by atoms with Crippen LogP contribution in [-0.2, 0) is 23.1 Å². The van der Waals surface area contributed by atoms with E-state index in [0.29, 0.717) is 19.6 Å². The van der Waals surface area contributed by atoms with Crippen LogP contribution >= 0.6 is 0 Å². The molecule has 0 N–H and O–H groups in total. The van der Waals surface area contributed by atoms with Gasteiger partial charge in [0.05, 0.1) is 24.9 Å². The molecule has 170 valence electrons. The molecule has 0 radical (unpaired) electrons. The van der Waals surface area contributed by atoms with Gasteiger partial charge in [0, 0.05) is 12.5 Å². The Morgan fingerprint density at radius 2 is 1.66 bits per heavy atom. The number of esters is 1. The molecule has 1 aliphatic heterocycles. The number of epoxide rings is 1. The first-order valence-corrected chi connectivity index (χ1v) is 17.0. The van der Waals surface area contributed by atoms with Gasteiger partial charge in [0.25, 0.3) is 0 Å². The van der Waals surface area contributed by atoms with Gasteiger partial charge in [-0.2, -0.15) is 0 Å². The summed E-state index contributed by atoms with van der Waals surface area (Å²) in [4.78, 5) is 12.1. The van der Waals surface area contributed by atoms with Crippen LogP contribution in [0.15, 0.2) is 11.6 Å². The lowest BCUT2D eigenvalue weighted by atomic mass is 9.89. The van der Waals surface area contributed by atoms with Crippen LogP contribution in [0.4, 0.5) is 0 Å². The van der Waals surface area contributed by atoms with Gasteiger partial charge in [0.2, 0.25) is 0 Å². The number of carbonyl (C=O) groups is 1. The summed E-state index contributed by atoms with van der Waals surface area (Å²) < 4.78 is 24.4. The van der Waals surface area contributed by atoms with E-state index in [4.69, 9.17) is 18.3 Å². The summed E-state index contributed by atoms with van der Waals surface area (Å²) in [7, 11) is -3.74. The monoisotopic (exact) mass is 444 g/mol. The van der Waals surface area contributed by atoms with Crippen molar-refractivity contribution in [2.24, 2.45) is 0 Å². The minimum absolute atomic E-state index is 0.0668. The predicted octanol–water partition coefficient (Wildman–Crippen LogP) is 5.68. The van der Waals surface area contributed by atoms with Crippen molar-refractivity contribution in [3.8, 4) is 0 Å². The molecule has 1 aliphatic rings. The molecule has 29 heavy (non-hydrogen) atoms. The van der Waals surface area contributed by atoms with Gasteiger partial charge in [-0.1, -0.05) is 20.8 Å². The Morgan fingerprint density at radius 1 is 1.14 bits per heavy atom. The van der Waals surface area contributed by atoms with Gasteiger partial charge < -0.3 is 18.3 Å². The molecule has 0 aromatic heterocycles. The fraction of sp³-hybridized carbons (Fsp3) is 0.864. The van der Waals surface area contributed by atoms with E-state index in [2.05, 4.69) is 67.4 Å². The molecule has 0 spiro atoms. The minimum atomic E-state index is -2.06. The van der Waals surface area contributed by atoms with E-state index in [0.717, 1.165) is 5.57 Å². The van der Waals surface area contributed by atoms with Crippen LogP contribution in [-0.4, -0.2) is 53.1 Å². The lowest BCUT2D eigenvalue weighted by Gasteiger charge is -2.40. The predicted molar refractivity (Wildman–Crippen MR) is 124 cm³/mol. The molecule has 5 nitrogen and oxygen atoms in total. The van der Waals surface area contributed by atoms with Crippen LogP contribution in [0, 0.1) is 0 Å². The molecule has 0 amide bonds. The summed E-state index contributed by atoms with van der Waals surface area (Å²) in [5.41, 5.74) is 0.211. The van der Waals surface area contributed by atoms with E-state index in [1.807, 2.05) is 13.8 Å². The quantitative estimate of drug-likeness (QED) is 0.188. The van der Waals surface area contributed by atoms with Gasteiger partial charge in [-0.25, -0.2) is 4.79 Å². The summed E-state index contributed by atoms with van der Waals surface area (Å²) >= 11 is 0. The van der Waals surface area contributed by atoms with Crippen molar-refractivity contribution in [1.29, 1.82) is 0 Å². The highest BCUT2D eigenvalue weighted by Gasteiger charge is 2.65. The van der Waals surface area contributed by atoms with Crippen molar-refractivity contribution in [2.75, 3.05) is 13.2 Å². The molecule has 1 fully saturated rings. The van der Waals surface area contributed by atoms with Crippen molar-refractivity contribution in [3.63, 3.8) is 0 Å². The molecule has 0 aromatic rings. The Bertz CT molecular complexity index is 614. The summed E-state index contributed by atoms with van der Waals surface area (Å²) in [6.45, 7) is 26.6. The lowest BCUT2D eigenvalue weighted by molar-refractivity contribution is -0.137. The summed E-state index contributed by atoms with van der Waals surface area (Å²) in [5.74, 6) is -0.322. The zero-order valence-electron chi connectivity index (χ0n) is 20.8. The zero-order valence-corrected chi connectivity index (χ0v) is 22.8. The fourth-order valence-corrected chi connectivity index (χ4v) is 4.94. The normalized spacial score (nSPS) is 23.7. The molecule has 0 aliphatic carbocycles. The summed E-state index contributed by atoms with van der Waals surface area (Å²) in [6, 6.07) is 0. The molecule has 0 aromatic carbocycles. The second-order valence-electron chi connectivity index (χ2n) is 11.2. The highest BCUT2D eigenvalue weighted by atomic mass is 28.4. The molecule has 7 heteroatoms. The van der Waals surface area contributed by atoms with E-state index >= 15 is 0 Å². The van der Waals surface area contributed by atoms with Crippen molar-refractivity contribution >= 4 is 22.6 Å². The molecule has 1 heterocycles. The van der Waals surface area contributed by atoms with Crippen molar-refractivity contribution in [1.82, 2.24) is 0 Å². The van der Waals surface area contributed by atoms with Gasteiger partial charge in [-0.05, 0) is 71.0 Å². The molecule has 1 rings (SSSR count). The van der Waals surface area contributed by atoms with Gasteiger partial charge in [-0.3, -0.25) is 0 Å². The number of hydrogen-bond donors (Lipinski definition) is 0. The number of carbonyl (C=O) groups excluding carboxylic acids is 1. The smallest absolute Gasteiger partial charge is 0.330 e. The molecule has 0 unspecified atom stereocenters. The van der Waals surface area contributed by atoms with Crippen LogP contribution < -0.4 is 0 Å². The molecule has 2 atom stereocenters. The molecule has 1 saturated heterocycles. The third-order valence-corrected chi connectivity index (χ3v) is 11.6. The highest BCUT2D eigenvalue weighted by Crippen LogP contribution is 2.52. The van der Waals surface area contributed by atoms with Crippen LogP contribution in [0.25, 0.3) is 0 Å². The maximum Gasteiger partial charge on any atom is 0.330 e. The Labute approximate surface area is 180 Å². The lowest BCUT2D eigenvalue weighted by Crippen LogP contribution is -2.46. The average molecular weight is 445 g/mol. The minimum Gasteiger partial charge on any atom is -0.463 e. The summed E-state index contributed by atoms with van der Waals surface area (Å²) in [6.07, 6.45) is 2.02. The number of rotatable bonds is 10. The van der Waals surface area contributed by atoms with E-state index in [1.165, 1.54) is 0 Å². The van der Waals surface area contributed by atoms with Gasteiger partial charge in [0.1, 0.15) is 5.60 Å². The molecule has 0 bridgehead atoms. The second-order valence-corrected chi connectivity index (χ2v) is 20.5. The van der Waals surface area contributed by atoms with Crippen molar-refractivity contribution in [2.45, 2.75) is 110 Å². The van der Waals surface area contributed by atoms with Crippen molar-refractivity contribution in [3.05, 3.63) is 11.6 Å². The van der Waals surface area contributed by atoms with Gasteiger partial charge >= 0.3 is 5.97 Å². The van der Waals surface area contributed by atoms with E-state index in [-0.39, 0.29) is 22.7 Å². The number of hydrogen-bond acceptors (Lipinski definition) is 5. The fourth-order valence-electron chi connectivity index (χ4n) is 2.94. The van der Waals surface area contributed by atoms with E-state index < -0.39 is 22.2 Å². The first kappa shape index (κ1) is 26.6. The van der Waals surface area contributed by atoms with Crippen LogP contribution in [0.3, 0.4) is 0 Å². The second kappa shape index (κ2) is 8.95. The third-order valence-electron chi connectivity index (χ3n) is 6.14. The topological polar surface area (TPSA) is 57.3 Å². The standard InChI is InChI=1S/C22H44O5Si2/c1-13-24-19(23)14-17(2)18(26-29(11,12)20(3,4)5)15-22(21(6,7)27-22)16-25-28(8,9)10/h14,18H,13,15-16H2,1-12H3/b17-14+/t18-,22+/m0/s1. The molecular weight excluding hydrogens is 400 g/mol. The Hall–Kier alpha value is -0.476. The maximum absolute atomic E-state index is 12.1. The van der Waals surface area contributed by atoms with Crippen LogP contribution in [0.1, 0.15) is 54.9 Å². The van der Waals surface area contributed by atoms with Crippen LogP contribution in [0.5, 0.6) is 0 Å². The third kappa shape index (κ3) is 7.31. The van der Waals surface area contributed by atoms with Gasteiger partial charge in [0.15, 0.2) is 16.6 Å². The molecule has 0 saturated carbocycles. The Morgan fingerprint density at radius 3 is 2.03 bits per heavy atom. The Kier molecular flexibility index (Phi) is 8.19. The zero-order chi connectivity index (χ0) is 22.9. The SMILES string of the molecule is CCOC(=O)/C=C(\C)[C@H](C[C@]1(CO[Si](C)(C)C)OC1(C)C)O[Si](C)(C)C(C)(C)C. The average Bonchev–Trinajstić information content (AvgIpc) is 3.04. The first-order valence-electron chi connectivity index (χ1n) is 10.7. The largest absolute Gasteiger partial charge is 0.463 e. The van der Waals surface area contributed by atoms with E-state index in [1.54, 1.807) is 6.08 Å². The van der Waals surface area contributed by atoms with Crippen LogP contribution in [0.2, 0.25) is 37.8 Å². The maximum atomic E-state index is 12.1.